The van der Waals surface area contributed by atoms with E-state index in [-0.39, 0.29) is 17.7 Å². The number of hydrogen-bond donors (Lipinski definition) is 0. The summed E-state index contributed by atoms with van der Waals surface area (Å²) in [7, 11) is 0. The summed E-state index contributed by atoms with van der Waals surface area (Å²) in [6.07, 6.45) is 6.07. The normalized spacial score (nSPS) is 21.0. The maximum Gasteiger partial charge on any atom is 0.261 e. The molecule has 0 aliphatic heterocycles. The molecule has 5 heteroatoms. The molecule has 0 spiro atoms. The lowest BCUT2D eigenvalue weighted by Crippen LogP contribution is -2.36. The second kappa shape index (κ2) is 6.89. The fraction of sp³-hybridized carbons (Fsp3) is 0.400. The number of ether oxygens (including phenoxy) is 1. The number of nitrogens with zero attached hydrogens (tertiary/aromatic N) is 2. The van der Waals surface area contributed by atoms with Crippen LogP contribution >= 0.6 is 15.9 Å². The topological polar surface area (TPSA) is 44.1 Å². The Morgan fingerprint density at radius 3 is 2.76 bits per heavy atom. The van der Waals surface area contributed by atoms with Gasteiger partial charge in [-0.3, -0.25) is 9.36 Å². The van der Waals surface area contributed by atoms with Crippen molar-refractivity contribution in [2.45, 2.75) is 44.8 Å². The Morgan fingerprint density at radius 1 is 1.20 bits per heavy atom. The number of benzene rings is 2. The van der Waals surface area contributed by atoms with Crippen LogP contribution in [0.25, 0.3) is 21.7 Å². The molecule has 1 aliphatic carbocycles. The van der Waals surface area contributed by atoms with Crippen molar-refractivity contribution in [3.05, 3.63) is 51.5 Å². The van der Waals surface area contributed by atoms with Gasteiger partial charge in [-0.05, 0) is 31.2 Å². The van der Waals surface area contributed by atoms with Gasteiger partial charge in [0.1, 0.15) is 0 Å². The molecule has 130 valence electrons. The second-order valence-electron chi connectivity index (χ2n) is 6.60. The van der Waals surface area contributed by atoms with Crippen molar-refractivity contribution in [3.8, 4) is 0 Å². The van der Waals surface area contributed by atoms with Crippen LogP contribution in [0.15, 0.2) is 45.9 Å². The minimum atomic E-state index is 0.0213. The Balaban J connectivity index is 1.91. The second-order valence-corrected chi connectivity index (χ2v) is 7.46. The van der Waals surface area contributed by atoms with E-state index >= 15 is 0 Å². The molecule has 3 aromatic rings. The Morgan fingerprint density at radius 2 is 1.96 bits per heavy atom. The zero-order chi connectivity index (χ0) is 17.4. The SMILES string of the molecule is CCOC1CCCCC1n1cnc2c(cc(Br)c3ccccc32)c1=O. The first-order valence-corrected chi connectivity index (χ1v) is 9.69. The smallest absolute Gasteiger partial charge is 0.261 e. The van der Waals surface area contributed by atoms with Gasteiger partial charge in [-0.2, -0.15) is 0 Å². The molecule has 25 heavy (non-hydrogen) atoms. The summed E-state index contributed by atoms with van der Waals surface area (Å²) in [5.74, 6) is 0. The minimum absolute atomic E-state index is 0.0213. The molecule has 0 N–H and O–H groups in total. The van der Waals surface area contributed by atoms with Crippen molar-refractivity contribution in [2.75, 3.05) is 6.61 Å². The molecule has 0 saturated heterocycles. The molecule has 0 radical (unpaired) electrons. The molecule has 0 bridgehead atoms. The molecule has 1 heterocycles. The highest BCUT2D eigenvalue weighted by Gasteiger charge is 2.28. The maximum atomic E-state index is 13.2. The molecule has 1 aromatic heterocycles. The van der Waals surface area contributed by atoms with Crippen molar-refractivity contribution >= 4 is 37.6 Å². The fourth-order valence-corrected chi connectivity index (χ4v) is 4.54. The monoisotopic (exact) mass is 400 g/mol. The summed E-state index contributed by atoms with van der Waals surface area (Å²) in [5.41, 5.74) is 0.789. The van der Waals surface area contributed by atoms with Crippen LogP contribution in [0, 0.1) is 0 Å². The predicted octanol–water partition coefficient (Wildman–Crippen LogP) is 4.83. The quantitative estimate of drug-likeness (QED) is 0.591. The van der Waals surface area contributed by atoms with Crippen LogP contribution in [0.4, 0.5) is 0 Å². The fourth-order valence-electron chi connectivity index (χ4n) is 3.97. The third kappa shape index (κ3) is 2.89. The van der Waals surface area contributed by atoms with Crippen LogP contribution in [0.1, 0.15) is 38.6 Å². The average Bonchev–Trinajstić information content (AvgIpc) is 2.64. The van der Waals surface area contributed by atoms with E-state index < -0.39 is 0 Å². The predicted molar refractivity (Wildman–Crippen MR) is 104 cm³/mol. The highest BCUT2D eigenvalue weighted by Crippen LogP contribution is 2.32. The van der Waals surface area contributed by atoms with Gasteiger partial charge in [0.05, 0.1) is 29.4 Å². The van der Waals surface area contributed by atoms with E-state index in [9.17, 15) is 4.79 Å². The number of hydrogen-bond acceptors (Lipinski definition) is 3. The first kappa shape index (κ1) is 16.7. The maximum absolute atomic E-state index is 13.2. The van der Waals surface area contributed by atoms with Crippen LogP contribution < -0.4 is 5.56 Å². The molecule has 4 rings (SSSR count). The van der Waals surface area contributed by atoms with Crippen molar-refractivity contribution in [1.82, 2.24) is 9.55 Å². The third-order valence-corrected chi connectivity index (χ3v) is 5.80. The van der Waals surface area contributed by atoms with Crippen LogP contribution in [-0.4, -0.2) is 22.3 Å². The van der Waals surface area contributed by atoms with E-state index in [2.05, 4.69) is 20.9 Å². The molecule has 2 atom stereocenters. The lowest BCUT2D eigenvalue weighted by molar-refractivity contribution is -0.000311. The standard InChI is InChI=1S/C20H21BrN2O2/c1-2-25-18-10-6-5-9-17(18)23-12-22-19-14-8-4-3-7-13(14)16(21)11-15(19)20(23)24/h3-4,7-8,11-12,17-18H,2,5-6,9-10H2,1H3. The molecule has 2 unspecified atom stereocenters. The van der Waals surface area contributed by atoms with Crippen LogP contribution in [-0.2, 0) is 4.74 Å². The van der Waals surface area contributed by atoms with Crippen molar-refractivity contribution in [2.24, 2.45) is 0 Å². The van der Waals surface area contributed by atoms with Crippen LogP contribution in [0.3, 0.4) is 0 Å². The largest absolute Gasteiger partial charge is 0.376 e. The van der Waals surface area contributed by atoms with Gasteiger partial charge in [0.25, 0.3) is 5.56 Å². The molecular weight excluding hydrogens is 380 g/mol. The molecule has 0 amide bonds. The molecule has 1 fully saturated rings. The highest BCUT2D eigenvalue weighted by atomic mass is 79.9. The van der Waals surface area contributed by atoms with Crippen LogP contribution in [0.2, 0.25) is 0 Å². The summed E-state index contributed by atoms with van der Waals surface area (Å²) in [6.45, 7) is 2.68. The van der Waals surface area contributed by atoms with E-state index in [4.69, 9.17) is 4.74 Å². The number of rotatable bonds is 3. The Kier molecular flexibility index (Phi) is 4.61. The van der Waals surface area contributed by atoms with E-state index in [0.29, 0.717) is 12.0 Å². The Labute approximate surface area is 155 Å². The lowest BCUT2D eigenvalue weighted by atomic mass is 9.92. The summed E-state index contributed by atoms with van der Waals surface area (Å²) in [6, 6.07) is 10.0. The van der Waals surface area contributed by atoms with Gasteiger partial charge in [-0.15, -0.1) is 0 Å². The van der Waals surface area contributed by atoms with Gasteiger partial charge >= 0.3 is 0 Å². The highest BCUT2D eigenvalue weighted by molar-refractivity contribution is 9.10. The summed E-state index contributed by atoms with van der Waals surface area (Å²) >= 11 is 3.61. The van der Waals surface area contributed by atoms with Gasteiger partial charge in [-0.25, -0.2) is 4.98 Å². The van der Waals surface area contributed by atoms with Gasteiger partial charge in [-0.1, -0.05) is 53.0 Å². The lowest BCUT2D eigenvalue weighted by Gasteiger charge is -2.32. The average molecular weight is 401 g/mol. The van der Waals surface area contributed by atoms with E-state index in [1.54, 1.807) is 10.9 Å². The van der Waals surface area contributed by atoms with Gasteiger partial charge in [0.15, 0.2) is 0 Å². The zero-order valence-electron chi connectivity index (χ0n) is 14.2. The number of aromatic nitrogens is 2. The number of fused-ring (bicyclic) bond motifs is 3. The first-order valence-electron chi connectivity index (χ1n) is 8.90. The molecular formula is C20H21BrN2O2. The van der Waals surface area contributed by atoms with Gasteiger partial charge in [0, 0.05) is 16.5 Å². The summed E-state index contributed by atoms with van der Waals surface area (Å²) in [4.78, 5) is 17.9. The molecule has 1 saturated carbocycles. The Bertz CT molecular complexity index is 980. The van der Waals surface area contributed by atoms with Crippen molar-refractivity contribution < 1.29 is 4.74 Å². The molecule has 1 aliphatic rings. The number of halogens is 1. The van der Waals surface area contributed by atoms with E-state index in [1.165, 1.54) is 0 Å². The van der Waals surface area contributed by atoms with Crippen LogP contribution in [0.5, 0.6) is 0 Å². The molecule has 2 aromatic carbocycles. The molecule has 4 nitrogen and oxygen atoms in total. The third-order valence-electron chi connectivity index (χ3n) is 5.15. The van der Waals surface area contributed by atoms with Gasteiger partial charge < -0.3 is 4.74 Å². The Hall–Kier alpha value is -1.72. The zero-order valence-corrected chi connectivity index (χ0v) is 15.8. The van der Waals surface area contributed by atoms with E-state index in [1.807, 2.05) is 37.3 Å². The van der Waals surface area contributed by atoms with Crippen molar-refractivity contribution in [3.63, 3.8) is 0 Å². The van der Waals surface area contributed by atoms with Gasteiger partial charge in [0.2, 0.25) is 0 Å². The summed E-state index contributed by atoms with van der Waals surface area (Å²) in [5, 5.41) is 2.74. The van der Waals surface area contributed by atoms with Crippen molar-refractivity contribution in [1.29, 1.82) is 0 Å². The first-order chi connectivity index (χ1) is 12.2. The minimum Gasteiger partial charge on any atom is -0.376 e. The summed E-state index contributed by atoms with van der Waals surface area (Å²) < 4.78 is 8.64. The van der Waals surface area contributed by atoms with E-state index in [0.717, 1.165) is 46.4 Å².